The second kappa shape index (κ2) is 13.4. The van der Waals surface area contributed by atoms with E-state index in [2.05, 4.69) is 210 Å². The molecule has 2 aliphatic heterocycles. The van der Waals surface area contributed by atoms with Crippen LogP contribution in [0.2, 0.25) is 0 Å². The molecule has 0 unspecified atom stereocenters. The third kappa shape index (κ3) is 5.47. The minimum absolute atomic E-state index is 0.0293. The molecule has 0 N–H and O–H groups in total. The lowest BCUT2D eigenvalue weighted by atomic mass is 9.33. The fourth-order valence-electron chi connectivity index (χ4n) is 9.29. The number of rotatable bonds is 5. The van der Waals surface area contributed by atoms with E-state index in [0.29, 0.717) is 5.82 Å². The molecule has 0 saturated carbocycles. The van der Waals surface area contributed by atoms with Crippen LogP contribution in [0.4, 0.5) is 34.1 Å². The van der Waals surface area contributed by atoms with Gasteiger partial charge in [0.15, 0.2) is 5.82 Å². The van der Waals surface area contributed by atoms with Gasteiger partial charge in [-0.1, -0.05) is 158 Å². The highest BCUT2D eigenvalue weighted by Gasteiger charge is 2.44. The quantitative estimate of drug-likeness (QED) is 0.164. The SMILES string of the molecule is c1ccc(-c2cc(-c3cc4c5c(c3)N(c3ccccc3)c3cc6ccccc6cc3B5c3cc5ccccc5cc3N4c3ccccc3)nc(-c3ccccc3)n2)cc1. The molecule has 0 aliphatic carbocycles. The lowest BCUT2D eigenvalue weighted by molar-refractivity contribution is 1.18. The van der Waals surface area contributed by atoms with Gasteiger partial charge in [0, 0.05) is 50.8 Å². The van der Waals surface area contributed by atoms with Crippen LogP contribution in [0.1, 0.15) is 0 Å². The summed E-state index contributed by atoms with van der Waals surface area (Å²) in [5, 5.41) is 4.89. The molecule has 0 spiro atoms. The Kier molecular flexibility index (Phi) is 7.60. The molecule has 59 heavy (non-hydrogen) atoms. The zero-order valence-electron chi connectivity index (χ0n) is 32.1. The summed E-state index contributed by atoms with van der Waals surface area (Å²) in [5.41, 5.74) is 15.5. The number of fused-ring (bicyclic) bond motifs is 6. The average Bonchev–Trinajstić information content (AvgIpc) is 3.31. The molecule has 0 atom stereocenters. The van der Waals surface area contributed by atoms with E-state index in [1.807, 2.05) is 12.1 Å². The van der Waals surface area contributed by atoms with E-state index in [0.717, 1.165) is 50.8 Å². The number of anilines is 6. The first kappa shape index (κ1) is 33.4. The third-order valence-corrected chi connectivity index (χ3v) is 12.0. The normalized spacial score (nSPS) is 12.6. The number of nitrogens with zero attached hydrogens (tertiary/aromatic N) is 4. The second-order valence-electron chi connectivity index (χ2n) is 15.4. The highest BCUT2D eigenvalue weighted by atomic mass is 15.2. The van der Waals surface area contributed by atoms with Crippen LogP contribution in [0.3, 0.4) is 0 Å². The van der Waals surface area contributed by atoms with Gasteiger partial charge in [-0.15, -0.1) is 0 Å². The molecule has 0 saturated heterocycles. The second-order valence-corrected chi connectivity index (χ2v) is 15.4. The summed E-state index contributed by atoms with van der Waals surface area (Å²) >= 11 is 0. The maximum absolute atomic E-state index is 5.38. The van der Waals surface area contributed by atoms with E-state index in [-0.39, 0.29) is 6.71 Å². The maximum atomic E-state index is 5.38. The lowest BCUT2D eigenvalue weighted by Gasteiger charge is -2.44. The molecule has 274 valence electrons. The standard InChI is InChI=1S/C54H35BN4/c1-5-17-36(18-6-1)47-35-48(57-54(56-47)37-19-7-2-8-20-37)42-33-51-53-52(34-42)59(44-27-11-4-12-28-44)50-32-41-24-16-14-22-39(41)30-46(50)55(53)45-29-38-21-13-15-23-40(38)31-49(45)58(51)43-25-9-3-10-26-43/h1-35H. The highest BCUT2D eigenvalue weighted by Crippen LogP contribution is 2.47. The van der Waals surface area contributed by atoms with Crippen LogP contribution in [0.15, 0.2) is 212 Å². The molecule has 0 radical (unpaired) electrons. The zero-order chi connectivity index (χ0) is 38.9. The minimum Gasteiger partial charge on any atom is -0.311 e. The smallest absolute Gasteiger partial charge is 0.252 e. The Balaban J connectivity index is 1.22. The summed E-state index contributed by atoms with van der Waals surface area (Å²) in [6, 6.07) is 76.5. The first-order chi connectivity index (χ1) is 29.2. The van der Waals surface area contributed by atoms with Gasteiger partial charge < -0.3 is 9.80 Å². The molecule has 3 heterocycles. The van der Waals surface area contributed by atoms with Crippen molar-refractivity contribution in [3.05, 3.63) is 212 Å². The van der Waals surface area contributed by atoms with Crippen molar-refractivity contribution in [3.8, 4) is 33.9 Å². The van der Waals surface area contributed by atoms with Gasteiger partial charge in [0.05, 0.1) is 11.4 Å². The Morgan fingerprint density at radius 1 is 0.322 bits per heavy atom. The van der Waals surface area contributed by atoms with E-state index in [4.69, 9.17) is 9.97 Å². The van der Waals surface area contributed by atoms with Crippen LogP contribution in [-0.4, -0.2) is 16.7 Å². The van der Waals surface area contributed by atoms with Gasteiger partial charge in [0.25, 0.3) is 6.71 Å². The van der Waals surface area contributed by atoms with Crippen molar-refractivity contribution < 1.29 is 0 Å². The summed E-state index contributed by atoms with van der Waals surface area (Å²) < 4.78 is 0. The Morgan fingerprint density at radius 3 is 1.19 bits per heavy atom. The molecule has 2 aliphatic rings. The fraction of sp³-hybridized carbons (Fsp3) is 0. The summed E-state index contributed by atoms with van der Waals surface area (Å²) in [4.78, 5) is 15.5. The Bertz CT molecular complexity index is 3020. The van der Waals surface area contributed by atoms with Gasteiger partial charge in [-0.3, -0.25) is 0 Å². The zero-order valence-corrected chi connectivity index (χ0v) is 32.1. The van der Waals surface area contributed by atoms with Crippen LogP contribution in [0.5, 0.6) is 0 Å². The van der Waals surface area contributed by atoms with Crippen LogP contribution in [0.25, 0.3) is 55.4 Å². The van der Waals surface area contributed by atoms with E-state index in [1.165, 1.54) is 49.3 Å². The first-order valence-electron chi connectivity index (χ1n) is 20.2. The monoisotopic (exact) mass is 750 g/mol. The number of hydrogen-bond acceptors (Lipinski definition) is 4. The van der Waals surface area contributed by atoms with E-state index in [1.54, 1.807) is 0 Å². The minimum atomic E-state index is -0.0293. The molecule has 12 rings (SSSR count). The van der Waals surface area contributed by atoms with Crippen molar-refractivity contribution in [2.45, 2.75) is 0 Å². The Morgan fingerprint density at radius 2 is 0.712 bits per heavy atom. The third-order valence-electron chi connectivity index (χ3n) is 12.0. The maximum Gasteiger partial charge on any atom is 0.252 e. The molecule has 9 aromatic carbocycles. The number of hydrogen-bond donors (Lipinski definition) is 0. The van der Waals surface area contributed by atoms with Crippen LogP contribution in [0, 0.1) is 0 Å². The topological polar surface area (TPSA) is 32.3 Å². The lowest BCUT2D eigenvalue weighted by Crippen LogP contribution is -2.61. The molecule has 1 aromatic heterocycles. The molecular weight excluding hydrogens is 715 g/mol. The molecular formula is C54H35BN4. The summed E-state index contributed by atoms with van der Waals surface area (Å²) in [6.45, 7) is -0.0293. The van der Waals surface area contributed by atoms with Crippen LogP contribution >= 0.6 is 0 Å². The van der Waals surface area contributed by atoms with E-state index >= 15 is 0 Å². The predicted octanol–water partition coefficient (Wildman–Crippen LogP) is 11.9. The van der Waals surface area contributed by atoms with Gasteiger partial charge in [0.1, 0.15) is 0 Å². The summed E-state index contributed by atoms with van der Waals surface area (Å²) in [5.74, 6) is 0.694. The predicted molar refractivity (Wildman–Crippen MR) is 247 cm³/mol. The molecule has 0 bridgehead atoms. The number of aromatic nitrogens is 2. The molecule has 0 amide bonds. The molecule has 5 heteroatoms. The van der Waals surface area contributed by atoms with Gasteiger partial charge in [-0.2, -0.15) is 0 Å². The van der Waals surface area contributed by atoms with Crippen molar-refractivity contribution in [2.24, 2.45) is 0 Å². The van der Waals surface area contributed by atoms with Gasteiger partial charge in [-0.25, -0.2) is 9.97 Å². The van der Waals surface area contributed by atoms with Crippen molar-refractivity contribution in [2.75, 3.05) is 9.80 Å². The Labute approximate surface area is 343 Å². The largest absolute Gasteiger partial charge is 0.311 e. The summed E-state index contributed by atoms with van der Waals surface area (Å²) in [6.07, 6.45) is 0. The van der Waals surface area contributed by atoms with Crippen molar-refractivity contribution >= 4 is 78.8 Å². The van der Waals surface area contributed by atoms with Crippen molar-refractivity contribution in [1.82, 2.24) is 9.97 Å². The van der Waals surface area contributed by atoms with Crippen LogP contribution < -0.4 is 26.2 Å². The van der Waals surface area contributed by atoms with E-state index in [9.17, 15) is 0 Å². The van der Waals surface area contributed by atoms with Crippen molar-refractivity contribution in [3.63, 3.8) is 0 Å². The van der Waals surface area contributed by atoms with Gasteiger partial charge in [-0.05, 0) is 92.5 Å². The Hall–Kier alpha value is -7.76. The van der Waals surface area contributed by atoms with Crippen LogP contribution in [-0.2, 0) is 0 Å². The van der Waals surface area contributed by atoms with E-state index < -0.39 is 0 Å². The number of benzene rings is 9. The van der Waals surface area contributed by atoms with Gasteiger partial charge >= 0.3 is 0 Å². The molecule has 10 aromatic rings. The van der Waals surface area contributed by atoms with Gasteiger partial charge in [0.2, 0.25) is 0 Å². The highest BCUT2D eigenvalue weighted by molar-refractivity contribution is 7.00. The fourth-order valence-corrected chi connectivity index (χ4v) is 9.29. The summed E-state index contributed by atoms with van der Waals surface area (Å²) in [7, 11) is 0. The first-order valence-corrected chi connectivity index (χ1v) is 20.2. The number of para-hydroxylation sites is 2. The molecule has 0 fully saturated rings. The van der Waals surface area contributed by atoms with Crippen molar-refractivity contribution in [1.29, 1.82) is 0 Å². The molecule has 4 nitrogen and oxygen atoms in total. The average molecular weight is 751 g/mol.